The second-order valence-corrected chi connectivity index (χ2v) is 11.2. The van der Waals surface area contributed by atoms with E-state index in [1.54, 1.807) is 4.90 Å². The molecule has 1 fully saturated rings. The third-order valence-electron chi connectivity index (χ3n) is 6.57. The zero-order valence-electron chi connectivity index (χ0n) is 21.2. The van der Waals surface area contributed by atoms with Gasteiger partial charge in [0.1, 0.15) is 10.0 Å². The zero-order chi connectivity index (χ0) is 25.9. The zero-order valence-corrected chi connectivity index (χ0v) is 22.9. The van der Waals surface area contributed by atoms with E-state index in [9.17, 15) is 4.79 Å². The van der Waals surface area contributed by atoms with Gasteiger partial charge in [-0.3, -0.25) is 9.69 Å². The van der Waals surface area contributed by atoms with Gasteiger partial charge in [0.05, 0.1) is 10.6 Å². The summed E-state index contributed by atoms with van der Waals surface area (Å²) in [6.07, 6.45) is 4.71. The Balaban J connectivity index is 1.52. The lowest BCUT2D eigenvalue weighted by Gasteiger charge is -2.14. The molecule has 4 nitrogen and oxygen atoms in total. The highest BCUT2D eigenvalue weighted by Gasteiger charge is 2.32. The van der Waals surface area contributed by atoms with Crippen LogP contribution in [0.2, 0.25) is 0 Å². The van der Waals surface area contributed by atoms with Gasteiger partial charge in [0.25, 0.3) is 5.91 Å². The van der Waals surface area contributed by atoms with Gasteiger partial charge in [-0.05, 0) is 60.2 Å². The first-order valence-corrected chi connectivity index (χ1v) is 13.7. The number of thiocarbonyl (C=S) groups is 1. The van der Waals surface area contributed by atoms with Crippen LogP contribution >= 0.6 is 24.0 Å². The lowest BCUT2D eigenvalue weighted by atomic mass is 9.95. The van der Waals surface area contributed by atoms with Crippen LogP contribution in [-0.2, 0) is 11.2 Å². The van der Waals surface area contributed by atoms with Crippen molar-refractivity contribution in [1.29, 1.82) is 0 Å². The van der Waals surface area contributed by atoms with E-state index in [-0.39, 0.29) is 5.91 Å². The average molecular weight is 524 g/mol. The maximum atomic E-state index is 13.4. The molecule has 6 heteroatoms. The first-order chi connectivity index (χ1) is 17.9. The molecule has 4 aromatic rings. The van der Waals surface area contributed by atoms with Crippen molar-refractivity contribution in [2.75, 3.05) is 6.54 Å². The normalized spacial score (nSPS) is 14.8. The number of amides is 1. The second kappa shape index (κ2) is 10.9. The van der Waals surface area contributed by atoms with Gasteiger partial charge >= 0.3 is 0 Å². The van der Waals surface area contributed by atoms with Crippen molar-refractivity contribution < 1.29 is 4.79 Å². The van der Waals surface area contributed by atoms with Crippen molar-refractivity contribution in [2.24, 2.45) is 0 Å². The van der Waals surface area contributed by atoms with Crippen molar-refractivity contribution in [3.63, 3.8) is 0 Å². The molecule has 0 bridgehead atoms. The van der Waals surface area contributed by atoms with Gasteiger partial charge in [-0.25, -0.2) is 4.68 Å². The van der Waals surface area contributed by atoms with Crippen LogP contribution in [0.1, 0.15) is 42.0 Å². The van der Waals surface area contributed by atoms with Gasteiger partial charge in [0.15, 0.2) is 0 Å². The SMILES string of the molecule is Cc1ccc(C(C)C)cc1-c1nn(-c2ccccc2)cc1C=C1SC(=S)N(CCc2ccccc2)C1=O. The van der Waals surface area contributed by atoms with Crippen molar-refractivity contribution in [2.45, 2.75) is 33.1 Å². The van der Waals surface area contributed by atoms with E-state index >= 15 is 0 Å². The second-order valence-electron chi connectivity index (χ2n) is 9.51. The number of rotatable bonds is 7. The van der Waals surface area contributed by atoms with Gasteiger partial charge in [0, 0.05) is 23.9 Å². The molecule has 1 saturated heterocycles. The molecule has 1 amide bonds. The number of hydrogen-bond donors (Lipinski definition) is 0. The molecule has 37 heavy (non-hydrogen) atoms. The Kier molecular flexibility index (Phi) is 7.40. The van der Waals surface area contributed by atoms with Crippen LogP contribution in [0.4, 0.5) is 0 Å². The summed E-state index contributed by atoms with van der Waals surface area (Å²) >= 11 is 6.97. The Labute approximate surface area is 228 Å². The van der Waals surface area contributed by atoms with Crippen molar-refractivity contribution in [1.82, 2.24) is 14.7 Å². The molecule has 186 valence electrons. The summed E-state index contributed by atoms with van der Waals surface area (Å²) in [5, 5.41) is 5.00. The Morgan fingerprint density at radius 2 is 1.70 bits per heavy atom. The number of carbonyl (C=O) groups is 1. The number of para-hydroxylation sites is 1. The Bertz CT molecular complexity index is 1470. The molecule has 1 aliphatic rings. The molecule has 5 rings (SSSR count). The van der Waals surface area contributed by atoms with Crippen LogP contribution in [0, 0.1) is 6.92 Å². The van der Waals surface area contributed by atoms with Crippen LogP contribution < -0.4 is 0 Å². The third kappa shape index (κ3) is 5.45. The van der Waals surface area contributed by atoms with E-state index in [0.29, 0.717) is 21.7 Å². The molecule has 0 saturated carbocycles. The number of aromatic nitrogens is 2. The lowest BCUT2D eigenvalue weighted by molar-refractivity contribution is -0.122. The van der Waals surface area contributed by atoms with Gasteiger partial charge in [0.2, 0.25) is 0 Å². The highest BCUT2D eigenvalue weighted by Crippen LogP contribution is 2.36. The molecule has 0 spiro atoms. The van der Waals surface area contributed by atoms with Crippen LogP contribution in [0.3, 0.4) is 0 Å². The summed E-state index contributed by atoms with van der Waals surface area (Å²) in [6, 6.07) is 26.8. The summed E-state index contributed by atoms with van der Waals surface area (Å²) in [6.45, 7) is 7.06. The first-order valence-electron chi connectivity index (χ1n) is 12.5. The van der Waals surface area contributed by atoms with Gasteiger partial charge in [-0.1, -0.05) is 98.5 Å². The summed E-state index contributed by atoms with van der Waals surface area (Å²) in [5.74, 6) is 0.358. The van der Waals surface area contributed by atoms with E-state index in [1.807, 2.05) is 65.5 Å². The number of hydrogen-bond acceptors (Lipinski definition) is 4. The highest BCUT2D eigenvalue weighted by atomic mass is 32.2. The average Bonchev–Trinajstić information content (AvgIpc) is 3.44. The number of benzene rings is 3. The summed E-state index contributed by atoms with van der Waals surface area (Å²) in [7, 11) is 0. The standard InChI is InChI=1S/C31H29N3OS2/c1-21(2)24-15-14-22(3)27(18-24)29-25(20-34(32-29)26-12-8-5-9-13-26)19-28-30(35)33(31(36)37-28)17-16-23-10-6-4-7-11-23/h4-15,18-21H,16-17H2,1-3H3. The lowest BCUT2D eigenvalue weighted by Crippen LogP contribution is -2.30. The molecule has 0 unspecified atom stereocenters. The fourth-order valence-electron chi connectivity index (χ4n) is 4.39. The predicted octanol–water partition coefficient (Wildman–Crippen LogP) is 7.42. The summed E-state index contributed by atoms with van der Waals surface area (Å²) in [5.41, 5.74) is 7.39. The molecule has 0 radical (unpaired) electrons. The molecule has 3 aromatic carbocycles. The van der Waals surface area contributed by atoms with Crippen molar-refractivity contribution >= 4 is 40.3 Å². The monoisotopic (exact) mass is 523 g/mol. The molecular weight excluding hydrogens is 494 g/mol. The number of nitrogens with zero attached hydrogens (tertiary/aromatic N) is 3. The summed E-state index contributed by atoms with van der Waals surface area (Å²) < 4.78 is 2.49. The minimum Gasteiger partial charge on any atom is -0.293 e. The molecule has 0 atom stereocenters. The topological polar surface area (TPSA) is 38.1 Å². The minimum absolute atomic E-state index is 0.0444. The van der Waals surface area contributed by atoms with Crippen molar-refractivity contribution in [3.8, 4) is 16.9 Å². The Morgan fingerprint density at radius 1 is 1.00 bits per heavy atom. The number of thioether (sulfide) groups is 1. The van der Waals surface area contributed by atoms with Gasteiger partial charge < -0.3 is 0 Å². The quantitative estimate of drug-likeness (QED) is 0.187. The molecular formula is C31H29N3OS2. The van der Waals surface area contributed by atoms with Crippen LogP contribution in [0.25, 0.3) is 23.0 Å². The largest absolute Gasteiger partial charge is 0.293 e. The third-order valence-corrected chi connectivity index (χ3v) is 7.95. The maximum absolute atomic E-state index is 13.4. The van der Waals surface area contributed by atoms with Gasteiger partial charge in [-0.15, -0.1) is 0 Å². The number of aryl methyl sites for hydroxylation is 1. The van der Waals surface area contributed by atoms with Crippen LogP contribution in [0.5, 0.6) is 0 Å². The Morgan fingerprint density at radius 3 is 2.41 bits per heavy atom. The predicted molar refractivity (Wildman–Crippen MR) is 158 cm³/mol. The molecule has 1 aromatic heterocycles. The highest BCUT2D eigenvalue weighted by molar-refractivity contribution is 8.26. The molecule has 0 N–H and O–H groups in total. The molecule has 1 aliphatic heterocycles. The van der Waals surface area contributed by atoms with E-state index in [4.69, 9.17) is 17.3 Å². The molecule has 2 heterocycles. The fraction of sp³-hybridized carbons (Fsp3) is 0.194. The van der Waals surface area contributed by atoms with Crippen LogP contribution in [0.15, 0.2) is 90.0 Å². The van der Waals surface area contributed by atoms with E-state index < -0.39 is 0 Å². The fourth-order valence-corrected chi connectivity index (χ4v) is 5.69. The van der Waals surface area contributed by atoms with Crippen molar-refractivity contribution in [3.05, 3.63) is 112 Å². The molecule has 0 aliphatic carbocycles. The summed E-state index contributed by atoms with van der Waals surface area (Å²) in [4.78, 5) is 15.7. The Hall–Kier alpha value is -3.48. The van der Waals surface area contributed by atoms with E-state index in [0.717, 1.165) is 34.5 Å². The number of carbonyl (C=O) groups excluding carboxylic acids is 1. The first kappa shape index (κ1) is 25.2. The van der Waals surface area contributed by atoms with Crippen LogP contribution in [-0.4, -0.2) is 31.5 Å². The minimum atomic E-state index is -0.0444. The van der Waals surface area contributed by atoms with E-state index in [1.165, 1.54) is 22.9 Å². The maximum Gasteiger partial charge on any atom is 0.266 e. The van der Waals surface area contributed by atoms with Gasteiger partial charge in [-0.2, -0.15) is 5.10 Å². The smallest absolute Gasteiger partial charge is 0.266 e. The van der Waals surface area contributed by atoms with E-state index in [2.05, 4.69) is 51.1 Å².